The normalized spacial score (nSPS) is 15.4. The fourth-order valence-electron chi connectivity index (χ4n) is 2.43. The van der Waals surface area contributed by atoms with Gasteiger partial charge in [-0.25, -0.2) is 0 Å². The lowest BCUT2D eigenvalue weighted by Gasteiger charge is -2.11. The Hall–Kier alpha value is -0.870. The van der Waals surface area contributed by atoms with Crippen molar-refractivity contribution in [1.29, 1.82) is 0 Å². The van der Waals surface area contributed by atoms with Crippen LogP contribution in [0.2, 0.25) is 0 Å². The van der Waals surface area contributed by atoms with Gasteiger partial charge in [0.1, 0.15) is 0 Å². The van der Waals surface area contributed by atoms with Gasteiger partial charge in [0.2, 0.25) is 5.91 Å². The second kappa shape index (κ2) is 6.34. The highest BCUT2D eigenvalue weighted by atomic mass is 32.1. The van der Waals surface area contributed by atoms with Gasteiger partial charge in [-0.05, 0) is 44.4 Å². The Kier molecular flexibility index (Phi) is 4.78. The lowest BCUT2D eigenvalue weighted by Crippen LogP contribution is -2.33. The molecule has 18 heavy (non-hydrogen) atoms. The van der Waals surface area contributed by atoms with Crippen molar-refractivity contribution in [3.8, 4) is 0 Å². The first-order valence-electron chi connectivity index (χ1n) is 6.79. The van der Waals surface area contributed by atoms with E-state index >= 15 is 0 Å². The van der Waals surface area contributed by atoms with Crippen molar-refractivity contribution in [3.05, 3.63) is 21.4 Å². The lowest BCUT2D eigenvalue weighted by molar-refractivity contribution is -0.121. The molecule has 1 amide bonds. The molecular formula is C14H22N2OS. The van der Waals surface area contributed by atoms with Crippen LogP contribution in [0.4, 0.5) is 0 Å². The summed E-state index contributed by atoms with van der Waals surface area (Å²) in [6.07, 6.45) is 4.30. The lowest BCUT2D eigenvalue weighted by atomic mass is 10.2. The maximum absolute atomic E-state index is 11.7. The quantitative estimate of drug-likeness (QED) is 0.829. The van der Waals surface area contributed by atoms with E-state index in [4.69, 9.17) is 0 Å². The largest absolute Gasteiger partial charge is 0.351 e. The summed E-state index contributed by atoms with van der Waals surface area (Å²) in [6.45, 7) is 5.70. The molecular weight excluding hydrogens is 244 g/mol. The van der Waals surface area contributed by atoms with E-state index < -0.39 is 0 Å². The molecule has 0 aromatic carbocycles. The molecule has 2 rings (SSSR count). The SMILES string of the molecule is CCNC(C)CC(=O)NCc1cc2c(s1)CCC2. The average Bonchev–Trinajstić information content (AvgIpc) is 2.86. The molecule has 0 fully saturated rings. The molecule has 1 aliphatic carbocycles. The van der Waals surface area contributed by atoms with Crippen molar-refractivity contribution >= 4 is 17.2 Å². The van der Waals surface area contributed by atoms with Gasteiger partial charge in [0.15, 0.2) is 0 Å². The number of aryl methyl sites for hydroxylation is 2. The number of fused-ring (bicyclic) bond motifs is 1. The molecule has 1 aliphatic rings. The Morgan fingerprint density at radius 3 is 3.06 bits per heavy atom. The Morgan fingerprint density at radius 1 is 1.50 bits per heavy atom. The standard InChI is InChI=1S/C14H22N2OS/c1-3-15-10(2)7-14(17)16-9-12-8-11-5-4-6-13(11)18-12/h8,10,15H,3-7,9H2,1-2H3,(H,16,17). The molecule has 4 heteroatoms. The van der Waals surface area contributed by atoms with E-state index in [2.05, 4.69) is 23.6 Å². The van der Waals surface area contributed by atoms with Crippen LogP contribution in [0, 0.1) is 0 Å². The highest BCUT2D eigenvalue weighted by molar-refractivity contribution is 7.12. The van der Waals surface area contributed by atoms with Crippen LogP contribution in [0.5, 0.6) is 0 Å². The highest BCUT2D eigenvalue weighted by Gasteiger charge is 2.15. The third-order valence-corrected chi connectivity index (χ3v) is 4.54. The maximum atomic E-state index is 11.7. The van der Waals surface area contributed by atoms with Gasteiger partial charge in [0.25, 0.3) is 0 Å². The molecule has 0 bridgehead atoms. The summed E-state index contributed by atoms with van der Waals surface area (Å²) < 4.78 is 0. The van der Waals surface area contributed by atoms with Crippen molar-refractivity contribution in [1.82, 2.24) is 10.6 Å². The molecule has 2 N–H and O–H groups in total. The van der Waals surface area contributed by atoms with Gasteiger partial charge in [0.05, 0.1) is 6.54 Å². The Morgan fingerprint density at radius 2 is 2.33 bits per heavy atom. The summed E-state index contributed by atoms with van der Waals surface area (Å²) in [5.41, 5.74) is 1.50. The molecule has 3 nitrogen and oxygen atoms in total. The van der Waals surface area contributed by atoms with Gasteiger partial charge < -0.3 is 10.6 Å². The number of nitrogens with one attached hydrogen (secondary N) is 2. The molecule has 1 aromatic heterocycles. The van der Waals surface area contributed by atoms with Crippen molar-refractivity contribution < 1.29 is 4.79 Å². The summed E-state index contributed by atoms with van der Waals surface area (Å²) in [7, 11) is 0. The zero-order valence-electron chi connectivity index (χ0n) is 11.2. The van der Waals surface area contributed by atoms with Gasteiger partial charge in [0, 0.05) is 22.2 Å². The van der Waals surface area contributed by atoms with E-state index in [-0.39, 0.29) is 11.9 Å². The topological polar surface area (TPSA) is 41.1 Å². The predicted octanol–water partition coefficient (Wildman–Crippen LogP) is 2.24. The highest BCUT2D eigenvalue weighted by Crippen LogP contribution is 2.30. The number of carbonyl (C=O) groups is 1. The van der Waals surface area contributed by atoms with Crippen LogP contribution in [0.25, 0.3) is 0 Å². The first kappa shape index (κ1) is 13.6. The first-order valence-corrected chi connectivity index (χ1v) is 7.61. The van der Waals surface area contributed by atoms with Crippen LogP contribution in [0.3, 0.4) is 0 Å². The maximum Gasteiger partial charge on any atom is 0.221 e. The number of hydrogen-bond acceptors (Lipinski definition) is 3. The number of thiophene rings is 1. The molecule has 0 spiro atoms. The Balaban J connectivity index is 1.75. The summed E-state index contributed by atoms with van der Waals surface area (Å²) >= 11 is 1.86. The Bertz CT molecular complexity index is 392. The average molecular weight is 266 g/mol. The minimum absolute atomic E-state index is 0.136. The van der Waals surface area contributed by atoms with E-state index in [9.17, 15) is 4.79 Å². The van der Waals surface area contributed by atoms with E-state index in [0.717, 1.165) is 6.54 Å². The second-order valence-electron chi connectivity index (χ2n) is 4.95. The monoisotopic (exact) mass is 266 g/mol. The Labute approximate surface area is 113 Å². The van der Waals surface area contributed by atoms with E-state index in [1.54, 1.807) is 0 Å². The fraction of sp³-hybridized carbons (Fsp3) is 0.643. The summed E-state index contributed by atoms with van der Waals surface area (Å²) in [5.74, 6) is 0.136. The molecule has 0 aliphatic heterocycles. The molecule has 0 saturated carbocycles. The summed E-state index contributed by atoms with van der Waals surface area (Å²) in [6, 6.07) is 2.52. The molecule has 1 atom stereocenters. The molecule has 1 heterocycles. The van der Waals surface area contributed by atoms with E-state index in [0.29, 0.717) is 13.0 Å². The fourth-order valence-corrected chi connectivity index (χ4v) is 3.63. The third-order valence-electron chi connectivity index (χ3n) is 3.30. The zero-order chi connectivity index (χ0) is 13.0. The van der Waals surface area contributed by atoms with Gasteiger partial charge in [-0.2, -0.15) is 0 Å². The second-order valence-corrected chi connectivity index (χ2v) is 6.18. The number of carbonyl (C=O) groups excluding carboxylic acids is 1. The first-order chi connectivity index (χ1) is 8.69. The van der Waals surface area contributed by atoms with Gasteiger partial charge in [-0.15, -0.1) is 11.3 Å². The number of rotatable bonds is 6. The van der Waals surface area contributed by atoms with Crippen LogP contribution >= 0.6 is 11.3 Å². The van der Waals surface area contributed by atoms with Crippen molar-refractivity contribution in [2.24, 2.45) is 0 Å². The third kappa shape index (κ3) is 3.56. The summed E-state index contributed by atoms with van der Waals surface area (Å²) in [5, 5.41) is 6.26. The van der Waals surface area contributed by atoms with E-state index in [1.165, 1.54) is 34.6 Å². The smallest absolute Gasteiger partial charge is 0.221 e. The summed E-state index contributed by atoms with van der Waals surface area (Å²) in [4.78, 5) is 14.6. The van der Waals surface area contributed by atoms with Crippen LogP contribution < -0.4 is 10.6 Å². The van der Waals surface area contributed by atoms with Crippen LogP contribution in [0.15, 0.2) is 6.07 Å². The predicted molar refractivity (Wildman–Crippen MR) is 75.9 cm³/mol. The minimum Gasteiger partial charge on any atom is -0.351 e. The van der Waals surface area contributed by atoms with Crippen LogP contribution in [0.1, 0.15) is 42.0 Å². The van der Waals surface area contributed by atoms with Gasteiger partial charge in [-0.3, -0.25) is 4.79 Å². The zero-order valence-corrected chi connectivity index (χ0v) is 12.0. The van der Waals surface area contributed by atoms with Crippen molar-refractivity contribution in [2.75, 3.05) is 6.54 Å². The van der Waals surface area contributed by atoms with E-state index in [1.807, 2.05) is 18.3 Å². The molecule has 100 valence electrons. The number of hydrogen-bond donors (Lipinski definition) is 2. The minimum atomic E-state index is 0.136. The van der Waals surface area contributed by atoms with Crippen LogP contribution in [-0.4, -0.2) is 18.5 Å². The molecule has 0 saturated heterocycles. The van der Waals surface area contributed by atoms with Gasteiger partial charge >= 0.3 is 0 Å². The molecule has 0 radical (unpaired) electrons. The van der Waals surface area contributed by atoms with Crippen LogP contribution in [-0.2, 0) is 24.2 Å². The van der Waals surface area contributed by atoms with Gasteiger partial charge in [-0.1, -0.05) is 6.92 Å². The molecule has 1 unspecified atom stereocenters. The van der Waals surface area contributed by atoms with Crippen molar-refractivity contribution in [2.45, 2.75) is 52.1 Å². The van der Waals surface area contributed by atoms with Crippen molar-refractivity contribution in [3.63, 3.8) is 0 Å². The molecule has 1 aromatic rings. The number of amides is 1.